The van der Waals surface area contributed by atoms with E-state index in [9.17, 15) is 57.8 Å². The summed E-state index contributed by atoms with van der Waals surface area (Å²) in [5, 5.41) is 22.7. The summed E-state index contributed by atoms with van der Waals surface area (Å²) in [5.41, 5.74) is 11.2. The Balaban J connectivity index is 0.764. The van der Waals surface area contributed by atoms with Crippen LogP contribution in [0.4, 0.5) is 10.1 Å². The number of aromatic amines is 1. The molecule has 7 amide bonds. The van der Waals surface area contributed by atoms with Crippen molar-refractivity contribution in [3.8, 4) is 10.4 Å². The molecule has 0 bridgehead atoms. The number of hydrogen-bond acceptors (Lipinski definition) is 13. The molecule has 1 saturated heterocycles. The van der Waals surface area contributed by atoms with Crippen LogP contribution in [0.2, 0.25) is 0 Å². The number of aryl methyl sites for hydroxylation is 3. The third-order valence-corrected chi connectivity index (χ3v) is 18.6. The van der Waals surface area contributed by atoms with E-state index in [1.54, 1.807) is 35.9 Å². The number of primary amides is 1. The first-order valence-electron chi connectivity index (χ1n) is 29.7. The van der Waals surface area contributed by atoms with Gasteiger partial charge in [-0.25, -0.2) is 9.37 Å². The molecular weight excluding hydrogens is 1180 g/mol. The number of unbranched alkanes of at least 4 members (excludes halogenated alkanes) is 1. The average Bonchev–Trinajstić information content (AvgIpc) is 1.78. The summed E-state index contributed by atoms with van der Waals surface area (Å²) in [6, 6.07) is 18.0. The van der Waals surface area contributed by atoms with E-state index in [4.69, 9.17) is 10.5 Å². The molecule has 0 spiro atoms. The number of β-amino-alcohol motifs (C(OH)–C–C–N with tert-alkyl or cyclic N) is 1. The molecule has 25 heteroatoms. The monoisotopic (exact) mass is 1260 g/mol. The maximum atomic E-state index is 15.8. The van der Waals surface area contributed by atoms with E-state index in [1.807, 2.05) is 77.1 Å². The molecule has 0 unspecified atom stereocenters. The quantitative estimate of drug-likeness (QED) is 0.0231. The minimum atomic E-state index is -5.07. The Hall–Kier alpha value is -7.99. The van der Waals surface area contributed by atoms with Crippen molar-refractivity contribution in [2.24, 2.45) is 11.1 Å². The fourth-order valence-electron chi connectivity index (χ4n) is 11.8. The van der Waals surface area contributed by atoms with Crippen molar-refractivity contribution in [1.29, 1.82) is 0 Å². The molecule has 2 aromatic heterocycles. The smallest absolute Gasteiger partial charge is 0.391 e. The van der Waals surface area contributed by atoms with Crippen LogP contribution in [0.3, 0.4) is 0 Å². The minimum Gasteiger partial charge on any atom is -0.391 e. The molecule has 4 aromatic carbocycles. The lowest BCUT2D eigenvalue weighted by Gasteiger charge is -2.35. The highest BCUT2D eigenvalue weighted by Gasteiger charge is 2.47. The number of nitrogens with one attached hydrogen (secondary N) is 5. The van der Waals surface area contributed by atoms with E-state index < -0.39 is 108 Å². The number of fused-ring (bicyclic) bond motifs is 1. The van der Waals surface area contributed by atoms with Crippen LogP contribution in [0.5, 0.6) is 0 Å². The average molecular weight is 1260 g/mol. The van der Waals surface area contributed by atoms with Gasteiger partial charge in [0.2, 0.25) is 35.4 Å². The Kier molecular flexibility index (Phi) is 20.2. The fourth-order valence-corrected chi connectivity index (χ4v) is 13.1. The van der Waals surface area contributed by atoms with Crippen LogP contribution >= 0.6 is 18.9 Å². The molecule has 3 aliphatic rings. The van der Waals surface area contributed by atoms with Gasteiger partial charge in [-0.15, -0.1) is 11.3 Å². The van der Waals surface area contributed by atoms with Gasteiger partial charge in [0.15, 0.2) is 0 Å². The van der Waals surface area contributed by atoms with Crippen LogP contribution in [-0.2, 0) is 63.9 Å². The maximum absolute atomic E-state index is 15.8. The number of amides is 7. The summed E-state index contributed by atoms with van der Waals surface area (Å²) in [7, 11) is -5.07. The number of benzene rings is 4. The molecule has 3 aliphatic heterocycles. The van der Waals surface area contributed by atoms with Gasteiger partial charge < -0.3 is 56.5 Å². The number of rotatable bonds is 24. The van der Waals surface area contributed by atoms with Gasteiger partial charge in [-0.05, 0) is 123 Å². The predicted molar refractivity (Wildman–Crippen MR) is 331 cm³/mol. The number of aliphatic hydroxyl groups is 1. The number of carbonyl (C=O) groups excluding carboxylic acids is 8. The zero-order valence-corrected chi connectivity index (χ0v) is 52.1. The number of para-hydroxylation sites is 1. The summed E-state index contributed by atoms with van der Waals surface area (Å²) < 4.78 is 33.5. The molecule has 6 aromatic rings. The Morgan fingerprint density at radius 3 is 2.33 bits per heavy atom. The molecule has 0 aliphatic carbocycles. The number of H-pyrrole nitrogens is 1. The van der Waals surface area contributed by atoms with Gasteiger partial charge in [0.05, 0.1) is 52.7 Å². The summed E-state index contributed by atoms with van der Waals surface area (Å²) in [6.45, 7) is 10.6. The van der Waals surface area contributed by atoms with Crippen molar-refractivity contribution in [2.75, 3.05) is 11.4 Å². The first kappa shape index (κ1) is 65.5. The lowest BCUT2D eigenvalue weighted by molar-refractivity contribution is -0.144. The molecule has 472 valence electrons. The maximum Gasteiger partial charge on any atom is 0.396 e. The van der Waals surface area contributed by atoms with Gasteiger partial charge in [-0.3, -0.25) is 47.8 Å². The summed E-state index contributed by atoms with van der Waals surface area (Å²) in [6.07, 6.45) is 0.379. The number of anilines is 1. The Morgan fingerprint density at radius 1 is 0.910 bits per heavy atom. The van der Waals surface area contributed by atoms with Gasteiger partial charge >= 0.3 is 7.60 Å². The third kappa shape index (κ3) is 15.4. The molecule has 22 nitrogen and oxygen atoms in total. The molecule has 0 saturated carbocycles. The zero-order chi connectivity index (χ0) is 64.2. The SMILES string of the molecule is Cc1ncsc1-c1ccc([C@H](C)NC(=O)[C@@H]2C[C@@H](O)CN2C(=O)[C@@H](NC(=O)CCCCc2ccc(CO[C@H](C)[C@H](CCC(N)=O)NC(=O)[C@@H]3Cc4cccc5c4N3C(=O)[C@@H](NC(=O)c3cc4cc(C(=O)P(=O)(O)O)ccc4[nH]3)CC5)c(F)c2)C(C)(C)C)cc1. The van der Waals surface area contributed by atoms with Crippen LogP contribution in [-0.4, -0.2) is 126 Å². The summed E-state index contributed by atoms with van der Waals surface area (Å²) in [5.74, 6) is -4.21. The topological polar surface area (TPSA) is 333 Å². The van der Waals surface area contributed by atoms with E-state index in [2.05, 4.69) is 31.2 Å². The predicted octanol–water partition coefficient (Wildman–Crippen LogP) is 6.50. The number of halogens is 1. The number of nitrogens with zero attached hydrogens (tertiary/aromatic N) is 3. The van der Waals surface area contributed by atoms with E-state index >= 15 is 4.39 Å². The number of carbonyl (C=O) groups is 8. The third-order valence-electron chi connectivity index (χ3n) is 16.8. The Morgan fingerprint density at radius 2 is 1.64 bits per heavy atom. The largest absolute Gasteiger partial charge is 0.396 e. The summed E-state index contributed by atoms with van der Waals surface area (Å²) in [4.78, 5) is 138. The van der Waals surface area contributed by atoms with Crippen LogP contribution in [0.25, 0.3) is 21.3 Å². The van der Waals surface area contributed by atoms with Crippen molar-refractivity contribution >= 4 is 82.4 Å². The lowest BCUT2D eigenvalue weighted by Crippen LogP contribution is -2.57. The highest BCUT2D eigenvalue weighted by Crippen LogP contribution is 2.41. The lowest BCUT2D eigenvalue weighted by atomic mass is 9.85. The number of likely N-dealkylation sites (tertiary alicyclic amines) is 1. The normalized spacial score (nSPS) is 18.8. The van der Waals surface area contributed by atoms with Gasteiger partial charge in [-0.2, -0.15) is 0 Å². The van der Waals surface area contributed by atoms with Gasteiger partial charge in [-0.1, -0.05) is 75.4 Å². The Labute approximate surface area is 518 Å². The number of aliphatic hydroxyl groups excluding tert-OH is 1. The van der Waals surface area contributed by atoms with Gasteiger partial charge in [0.1, 0.15) is 35.7 Å². The number of hydrogen-bond donors (Lipinski definition) is 9. The van der Waals surface area contributed by atoms with Crippen LogP contribution in [0.15, 0.2) is 90.4 Å². The molecule has 0 radical (unpaired) electrons. The van der Waals surface area contributed by atoms with Gasteiger partial charge in [0, 0.05) is 54.3 Å². The van der Waals surface area contributed by atoms with E-state index in [0.717, 1.165) is 32.8 Å². The first-order chi connectivity index (χ1) is 42.1. The second-order valence-electron chi connectivity index (χ2n) is 24.4. The van der Waals surface area contributed by atoms with Crippen molar-refractivity contribution < 1.29 is 66.9 Å². The van der Waals surface area contributed by atoms with E-state index in [0.29, 0.717) is 47.8 Å². The molecule has 1 fully saturated rings. The molecule has 8 atom stereocenters. The van der Waals surface area contributed by atoms with Crippen LogP contribution in [0, 0.1) is 18.2 Å². The zero-order valence-electron chi connectivity index (χ0n) is 50.3. The van der Waals surface area contributed by atoms with Crippen LogP contribution < -0.4 is 31.9 Å². The summed E-state index contributed by atoms with van der Waals surface area (Å²) >= 11 is 1.55. The van der Waals surface area contributed by atoms with Gasteiger partial charge in [0.25, 0.3) is 11.4 Å². The fraction of sp³-hybridized carbons (Fsp3) is 0.422. The highest BCUT2D eigenvalue weighted by atomic mass is 32.1. The van der Waals surface area contributed by atoms with Crippen LogP contribution in [0.1, 0.15) is 140 Å². The standard InChI is InChI=1S/C64H75FN9O13PS/c1-34(38-16-18-40(19-17-38)56-35(2)67-33-89-56)68-59(79)51-30-45(75)31-73(51)62(82)57(64(4,5)6)72-54(77)13-8-7-10-37-14-15-43(46(65)26-37)32-87-36(3)47(24-25-53(66)76)70-60(80)52-29-41-12-9-11-39-20-23-49(61(81)74(52)55(39)41)71-58(78)50-28-44-27-42(21-22-48(44)69-50)63(83)88(84,85)86/h9,11-12,14-19,21-22,26-28,33-34,36,45,47,49,51-52,57,69,75H,7-8,10,13,20,23-25,29-32H2,1-6H3,(H2,66,76)(H,68,79)(H,70,80)(H,71,78)(H,72,77)(H2,84,85,86)/t34-,36+,45+,47-,49-,51-,52-,57+/m0/s1. The van der Waals surface area contributed by atoms with Crippen molar-refractivity contribution in [2.45, 2.75) is 161 Å². The molecule has 89 heavy (non-hydrogen) atoms. The number of thiazole rings is 1. The molecule has 10 N–H and O–H groups in total. The van der Waals surface area contributed by atoms with E-state index in [-0.39, 0.29) is 74.4 Å². The number of nitrogens with two attached hydrogens (primary N) is 1. The second kappa shape index (κ2) is 27.4. The second-order valence-corrected chi connectivity index (χ2v) is 26.8. The molecular formula is C64H75FN9O13PS. The van der Waals surface area contributed by atoms with Crippen molar-refractivity contribution in [3.05, 3.63) is 141 Å². The van der Waals surface area contributed by atoms with E-state index in [1.165, 1.54) is 40.1 Å². The molecule has 5 heterocycles. The van der Waals surface area contributed by atoms with Crippen molar-refractivity contribution in [3.63, 3.8) is 0 Å². The number of ether oxygens (including phenoxy) is 1. The first-order valence-corrected chi connectivity index (χ1v) is 32.2. The number of aromatic nitrogens is 2. The Bertz CT molecular complexity index is 3750. The highest BCUT2D eigenvalue weighted by molar-refractivity contribution is 7.70. The van der Waals surface area contributed by atoms with Crippen molar-refractivity contribution in [1.82, 2.24) is 36.1 Å². The molecule has 9 rings (SSSR count). The minimum absolute atomic E-state index is 0.0135.